The molecule has 2 aliphatic carbocycles. The van der Waals surface area contributed by atoms with Gasteiger partial charge in [-0.3, -0.25) is 9.59 Å². The lowest BCUT2D eigenvalue weighted by atomic mass is 9.92. The molecule has 28 heavy (non-hydrogen) atoms. The second kappa shape index (κ2) is 8.41. The third-order valence-corrected chi connectivity index (χ3v) is 6.55. The van der Waals surface area contributed by atoms with E-state index in [4.69, 9.17) is 0 Å². The Morgan fingerprint density at radius 1 is 1.14 bits per heavy atom. The third kappa shape index (κ3) is 4.42. The molecule has 0 bridgehead atoms. The molecule has 148 valence electrons. The first-order valence-electron chi connectivity index (χ1n) is 9.86. The van der Waals surface area contributed by atoms with Gasteiger partial charge in [0.2, 0.25) is 11.8 Å². The Bertz CT molecular complexity index is 834. The summed E-state index contributed by atoms with van der Waals surface area (Å²) >= 11 is 1.51. The number of benzene rings is 1. The van der Waals surface area contributed by atoms with Gasteiger partial charge in [0.25, 0.3) is 0 Å². The van der Waals surface area contributed by atoms with Crippen molar-refractivity contribution in [2.75, 3.05) is 0 Å². The van der Waals surface area contributed by atoms with Gasteiger partial charge in [-0.15, -0.1) is 11.3 Å². The lowest BCUT2D eigenvalue weighted by Gasteiger charge is -2.27. The summed E-state index contributed by atoms with van der Waals surface area (Å²) in [5.74, 6) is -0.397. The maximum atomic E-state index is 12.4. The second-order valence-corrected chi connectivity index (χ2v) is 8.59. The van der Waals surface area contributed by atoms with E-state index in [-0.39, 0.29) is 30.2 Å². The van der Waals surface area contributed by atoms with Gasteiger partial charge in [0.15, 0.2) is 0 Å². The average Bonchev–Trinajstić information content (AvgIpc) is 3.26. The summed E-state index contributed by atoms with van der Waals surface area (Å²) in [6, 6.07) is 9.78. The number of nitrogens with one attached hydrogen (secondary N) is 2. The molecule has 2 saturated carbocycles. The van der Waals surface area contributed by atoms with Crippen molar-refractivity contribution in [3.05, 3.63) is 41.4 Å². The van der Waals surface area contributed by atoms with Gasteiger partial charge in [0.1, 0.15) is 5.01 Å². The number of thiazole rings is 1. The number of hydrogen-bond acceptors (Lipinski definition) is 5. The molecule has 6 nitrogen and oxygen atoms in total. The van der Waals surface area contributed by atoms with E-state index in [0.29, 0.717) is 24.6 Å². The molecule has 7 heteroatoms. The van der Waals surface area contributed by atoms with Crippen LogP contribution in [0.2, 0.25) is 0 Å². The minimum atomic E-state index is -0.684. The Kier molecular flexibility index (Phi) is 5.73. The Morgan fingerprint density at radius 3 is 2.64 bits per heavy atom. The summed E-state index contributed by atoms with van der Waals surface area (Å²) < 4.78 is 0. The van der Waals surface area contributed by atoms with E-state index in [1.165, 1.54) is 17.8 Å². The molecule has 4 rings (SSSR count). The Labute approximate surface area is 168 Å². The van der Waals surface area contributed by atoms with E-state index < -0.39 is 6.10 Å². The number of hydrogen-bond donors (Lipinski definition) is 3. The minimum Gasteiger partial charge on any atom is -0.391 e. The summed E-state index contributed by atoms with van der Waals surface area (Å²) in [5, 5.41) is 19.0. The van der Waals surface area contributed by atoms with Crippen LogP contribution in [0.1, 0.15) is 37.8 Å². The number of carbonyl (C=O) groups excluding carboxylic acids is 2. The molecule has 3 atom stereocenters. The fraction of sp³-hybridized carbons (Fsp3) is 0.476. The fourth-order valence-corrected chi connectivity index (χ4v) is 4.61. The van der Waals surface area contributed by atoms with E-state index in [9.17, 15) is 14.7 Å². The Hall–Kier alpha value is -2.25. The summed E-state index contributed by atoms with van der Waals surface area (Å²) in [5.41, 5.74) is 1.75. The topological polar surface area (TPSA) is 91.3 Å². The zero-order valence-corrected chi connectivity index (χ0v) is 16.5. The zero-order chi connectivity index (χ0) is 19.5. The Balaban J connectivity index is 1.29. The molecule has 2 amide bonds. The summed E-state index contributed by atoms with van der Waals surface area (Å²) in [7, 11) is 0. The van der Waals surface area contributed by atoms with Crippen molar-refractivity contribution >= 4 is 23.2 Å². The maximum absolute atomic E-state index is 12.4. The Morgan fingerprint density at radius 2 is 1.93 bits per heavy atom. The van der Waals surface area contributed by atoms with Gasteiger partial charge in [-0.05, 0) is 32.1 Å². The maximum Gasteiger partial charge on any atom is 0.226 e. The first kappa shape index (κ1) is 19.1. The SMILES string of the molecule is O=C(Cc1csc(-c2ccccc2)n1)N[C@H]1C[C@H](C(=O)NC2CCC2)C[C@@H]1O. The molecule has 2 fully saturated rings. The lowest BCUT2D eigenvalue weighted by Crippen LogP contribution is -2.43. The highest BCUT2D eigenvalue weighted by Gasteiger charge is 2.38. The average molecular weight is 400 g/mol. The molecule has 2 aliphatic rings. The van der Waals surface area contributed by atoms with E-state index in [2.05, 4.69) is 15.6 Å². The van der Waals surface area contributed by atoms with Crippen LogP contribution in [-0.4, -0.2) is 40.1 Å². The van der Waals surface area contributed by atoms with Crippen LogP contribution < -0.4 is 10.6 Å². The van der Waals surface area contributed by atoms with E-state index in [1.54, 1.807) is 0 Å². The van der Waals surface area contributed by atoms with Gasteiger partial charge in [-0.1, -0.05) is 30.3 Å². The molecule has 0 aliphatic heterocycles. The molecule has 0 saturated heterocycles. The van der Waals surface area contributed by atoms with E-state index in [0.717, 1.165) is 23.4 Å². The highest BCUT2D eigenvalue weighted by atomic mass is 32.1. The highest BCUT2D eigenvalue weighted by Crippen LogP contribution is 2.28. The fourth-order valence-electron chi connectivity index (χ4n) is 3.78. The smallest absolute Gasteiger partial charge is 0.226 e. The van der Waals surface area contributed by atoms with Crippen molar-refractivity contribution in [1.29, 1.82) is 0 Å². The molecular weight excluding hydrogens is 374 g/mol. The van der Waals surface area contributed by atoms with Crippen molar-refractivity contribution in [3.8, 4) is 10.6 Å². The van der Waals surface area contributed by atoms with Crippen LogP contribution in [0, 0.1) is 5.92 Å². The number of aromatic nitrogens is 1. The largest absolute Gasteiger partial charge is 0.391 e. The van der Waals surface area contributed by atoms with Crippen molar-refractivity contribution in [3.63, 3.8) is 0 Å². The number of carbonyl (C=O) groups is 2. The first-order chi connectivity index (χ1) is 13.6. The van der Waals surface area contributed by atoms with Crippen LogP contribution in [0.3, 0.4) is 0 Å². The quantitative estimate of drug-likeness (QED) is 0.695. The minimum absolute atomic E-state index is 0.00695. The predicted molar refractivity (Wildman–Crippen MR) is 108 cm³/mol. The zero-order valence-electron chi connectivity index (χ0n) is 15.6. The summed E-state index contributed by atoms with van der Waals surface area (Å²) in [6.07, 6.45) is 3.62. The second-order valence-electron chi connectivity index (χ2n) is 7.73. The molecule has 0 radical (unpaired) electrons. The van der Waals surface area contributed by atoms with Crippen LogP contribution in [0.25, 0.3) is 10.6 Å². The number of rotatable bonds is 6. The van der Waals surface area contributed by atoms with Gasteiger partial charge < -0.3 is 15.7 Å². The van der Waals surface area contributed by atoms with Gasteiger partial charge in [-0.2, -0.15) is 0 Å². The van der Waals surface area contributed by atoms with Crippen molar-refractivity contribution in [1.82, 2.24) is 15.6 Å². The molecule has 2 aromatic rings. The molecule has 1 heterocycles. The third-order valence-electron chi connectivity index (χ3n) is 5.61. The summed E-state index contributed by atoms with van der Waals surface area (Å²) in [4.78, 5) is 29.3. The van der Waals surface area contributed by atoms with Crippen molar-refractivity contribution in [2.24, 2.45) is 5.92 Å². The monoisotopic (exact) mass is 399 g/mol. The molecule has 1 aromatic heterocycles. The number of nitrogens with zero attached hydrogens (tertiary/aromatic N) is 1. The van der Waals surface area contributed by atoms with Crippen LogP contribution in [0.5, 0.6) is 0 Å². The molecule has 0 unspecified atom stereocenters. The van der Waals surface area contributed by atoms with Crippen LogP contribution in [0.15, 0.2) is 35.7 Å². The van der Waals surface area contributed by atoms with E-state index >= 15 is 0 Å². The van der Waals surface area contributed by atoms with Gasteiger partial charge in [0, 0.05) is 22.9 Å². The van der Waals surface area contributed by atoms with Gasteiger partial charge in [0.05, 0.1) is 24.3 Å². The lowest BCUT2D eigenvalue weighted by molar-refractivity contribution is -0.126. The molecule has 1 aromatic carbocycles. The van der Waals surface area contributed by atoms with Crippen LogP contribution in [-0.2, 0) is 16.0 Å². The standard InChI is InChI=1S/C21H25N3O3S/c25-18-10-14(20(27)22-15-7-4-8-15)9-17(18)24-19(26)11-16-12-28-21(23-16)13-5-2-1-3-6-13/h1-3,5-6,12,14-15,17-18,25H,4,7-11H2,(H,22,27)(H,24,26)/t14-,17-,18-/m0/s1. The predicted octanol–water partition coefficient (Wildman–Crippen LogP) is 2.28. The molecular formula is C21H25N3O3S. The molecule has 3 N–H and O–H groups in total. The van der Waals surface area contributed by atoms with Crippen molar-refractivity contribution in [2.45, 2.75) is 56.7 Å². The number of aliphatic hydroxyl groups is 1. The van der Waals surface area contributed by atoms with E-state index in [1.807, 2.05) is 35.7 Å². The highest BCUT2D eigenvalue weighted by molar-refractivity contribution is 7.13. The normalized spacial score (nSPS) is 24.5. The van der Waals surface area contributed by atoms with Gasteiger partial charge >= 0.3 is 0 Å². The first-order valence-corrected chi connectivity index (χ1v) is 10.7. The van der Waals surface area contributed by atoms with Crippen LogP contribution in [0.4, 0.5) is 0 Å². The number of aliphatic hydroxyl groups excluding tert-OH is 1. The summed E-state index contributed by atoms with van der Waals surface area (Å²) in [6.45, 7) is 0. The van der Waals surface area contributed by atoms with Gasteiger partial charge in [-0.25, -0.2) is 4.98 Å². The molecule has 0 spiro atoms. The van der Waals surface area contributed by atoms with Crippen molar-refractivity contribution < 1.29 is 14.7 Å². The number of amides is 2. The van der Waals surface area contributed by atoms with Crippen LogP contribution >= 0.6 is 11.3 Å².